The van der Waals surface area contributed by atoms with Gasteiger partial charge in [-0.25, -0.2) is 13.8 Å². The maximum atomic E-state index is 13.9. The second-order valence-electron chi connectivity index (χ2n) is 7.38. The van der Waals surface area contributed by atoms with Gasteiger partial charge in [0.25, 0.3) is 0 Å². The van der Waals surface area contributed by atoms with Gasteiger partial charge in [-0.3, -0.25) is 24.2 Å². The minimum atomic E-state index is -1.10. The van der Waals surface area contributed by atoms with E-state index in [0.717, 1.165) is 4.57 Å². The van der Waals surface area contributed by atoms with Gasteiger partial charge < -0.3 is 9.47 Å². The van der Waals surface area contributed by atoms with Crippen molar-refractivity contribution < 1.29 is 18.8 Å². The average Bonchev–Trinajstić information content (AvgIpc) is 3.25. The highest BCUT2D eigenvalue weighted by Crippen LogP contribution is 2.20. The lowest BCUT2D eigenvalue weighted by molar-refractivity contribution is -0.387. The van der Waals surface area contributed by atoms with E-state index in [1.54, 1.807) is 24.4 Å². The van der Waals surface area contributed by atoms with Crippen LogP contribution < -0.4 is 11.2 Å². The molecule has 0 aliphatic carbocycles. The molecule has 0 spiro atoms. The molecule has 11 nitrogen and oxygen atoms in total. The number of nitrogens with zero attached hydrogens (tertiary/aromatic N) is 5. The van der Waals surface area contributed by atoms with Crippen molar-refractivity contribution in [1.29, 1.82) is 0 Å². The summed E-state index contributed by atoms with van der Waals surface area (Å²) in [6.07, 6.45) is 3.86. The smallest absolute Gasteiger partial charge is 0.357 e. The van der Waals surface area contributed by atoms with Crippen molar-refractivity contribution in [3.05, 3.63) is 90.2 Å². The van der Waals surface area contributed by atoms with Crippen molar-refractivity contribution in [2.45, 2.75) is 32.8 Å². The highest BCUT2D eigenvalue weighted by atomic mass is 19.1. The van der Waals surface area contributed by atoms with Crippen molar-refractivity contribution in [2.75, 3.05) is 14.2 Å². The summed E-state index contributed by atoms with van der Waals surface area (Å²) < 4.78 is 27.4. The first-order valence-corrected chi connectivity index (χ1v) is 10.2. The molecule has 12 heteroatoms. The van der Waals surface area contributed by atoms with Gasteiger partial charge in [-0.05, 0) is 32.1 Å². The number of methoxy groups -OCH3 is 2. The molecule has 2 heterocycles. The van der Waals surface area contributed by atoms with Crippen molar-refractivity contribution in [3.8, 4) is 0 Å². The first-order valence-electron chi connectivity index (χ1n) is 10.2. The molecule has 0 saturated heterocycles. The number of hydrogen-bond donors (Lipinski definition) is 0. The van der Waals surface area contributed by atoms with Crippen molar-refractivity contribution in [1.82, 2.24) is 18.9 Å². The lowest BCUT2D eigenvalue weighted by Crippen LogP contribution is -2.45. The molecule has 0 bridgehead atoms. The van der Waals surface area contributed by atoms with Crippen LogP contribution in [0.3, 0.4) is 0 Å². The van der Waals surface area contributed by atoms with E-state index in [1.165, 1.54) is 57.2 Å². The van der Waals surface area contributed by atoms with Gasteiger partial charge in [-0.15, -0.1) is 0 Å². The molecule has 0 N–H and O–H groups in total. The minimum Gasteiger partial charge on any atom is -0.361 e. The molecule has 0 fully saturated rings. The summed E-state index contributed by atoms with van der Waals surface area (Å²) in [6, 6.07) is 6.29. The Morgan fingerprint density at radius 1 is 1.12 bits per heavy atom. The molecular formula is C22H24FN5O6. The molecular weight excluding hydrogens is 449 g/mol. The quantitative estimate of drug-likeness (QED) is 0.346. The first-order chi connectivity index (χ1) is 16.2. The molecule has 2 atom stereocenters. The van der Waals surface area contributed by atoms with Gasteiger partial charge in [0, 0.05) is 31.5 Å². The Bertz CT molecular complexity index is 1340. The molecule has 34 heavy (non-hydrogen) atoms. The Balaban J connectivity index is 2.10. The fourth-order valence-corrected chi connectivity index (χ4v) is 3.39. The van der Waals surface area contributed by atoms with Crippen LogP contribution in [0.15, 0.2) is 46.2 Å². The van der Waals surface area contributed by atoms with Crippen LogP contribution in [0.1, 0.15) is 43.1 Å². The van der Waals surface area contributed by atoms with Crippen molar-refractivity contribution >= 4 is 17.8 Å². The summed E-state index contributed by atoms with van der Waals surface area (Å²) in [6.45, 7) is 3.12. The van der Waals surface area contributed by atoms with E-state index in [0.29, 0.717) is 15.7 Å². The van der Waals surface area contributed by atoms with Gasteiger partial charge in [-0.1, -0.05) is 18.2 Å². The van der Waals surface area contributed by atoms with Crippen LogP contribution in [-0.4, -0.2) is 38.1 Å². The summed E-state index contributed by atoms with van der Waals surface area (Å²) in [5, 5.41) is 16.0. The van der Waals surface area contributed by atoms with Crippen LogP contribution in [-0.2, 0) is 16.0 Å². The monoisotopic (exact) mass is 473 g/mol. The summed E-state index contributed by atoms with van der Waals surface area (Å²) >= 11 is 0. The van der Waals surface area contributed by atoms with Crippen LogP contribution in [0, 0.1) is 15.9 Å². The summed E-state index contributed by atoms with van der Waals surface area (Å²) in [5.74, 6) is -0.367. The van der Waals surface area contributed by atoms with E-state index >= 15 is 0 Å². The topological polar surface area (TPSA) is 123 Å². The highest BCUT2D eigenvalue weighted by Gasteiger charge is 2.30. The first kappa shape index (κ1) is 24.7. The van der Waals surface area contributed by atoms with Gasteiger partial charge in [0.2, 0.25) is 0 Å². The molecule has 180 valence electrons. The third-order valence-electron chi connectivity index (χ3n) is 5.30. The molecule has 0 aliphatic heterocycles. The van der Waals surface area contributed by atoms with Crippen molar-refractivity contribution in [3.63, 3.8) is 0 Å². The average molecular weight is 473 g/mol. The minimum absolute atomic E-state index is 0.178. The zero-order valence-corrected chi connectivity index (χ0v) is 19.0. The molecule has 3 aromatic rings. The molecule has 2 unspecified atom stereocenters. The van der Waals surface area contributed by atoms with E-state index in [4.69, 9.17) is 9.47 Å². The predicted molar refractivity (Wildman–Crippen MR) is 122 cm³/mol. The zero-order valence-electron chi connectivity index (χ0n) is 19.0. The van der Waals surface area contributed by atoms with Crippen LogP contribution in [0.4, 0.5) is 10.1 Å². The Morgan fingerprint density at radius 2 is 1.76 bits per heavy atom. The Morgan fingerprint density at radius 3 is 2.38 bits per heavy atom. The van der Waals surface area contributed by atoms with Gasteiger partial charge >= 0.3 is 16.9 Å². The molecule has 0 saturated carbocycles. The summed E-state index contributed by atoms with van der Waals surface area (Å²) in [5.41, 5.74) is -2.01. The Labute approximate surface area is 193 Å². The zero-order chi connectivity index (χ0) is 25.0. The summed E-state index contributed by atoms with van der Waals surface area (Å²) in [4.78, 5) is 37.0. The molecule has 0 aliphatic rings. The SMILES string of the molecule is COC(C)n1c(C=Cc2cnn(Cc3ccccc3F)c2)c([N+](=O)[O-])c(=O)n(C(C)OC)c1=O. The van der Waals surface area contributed by atoms with E-state index in [-0.39, 0.29) is 18.1 Å². The Kier molecular flexibility index (Phi) is 7.54. The second kappa shape index (κ2) is 10.4. The van der Waals surface area contributed by atoms with Gasteiger partial charge in [-0.2, -0.15) is 5.10 Å². The number of rotatable bonds is 9. The maximum absolute atomic E-state index is 13.9. The third-order valence-corrected chi connectivity index (χ3v) is 5.30. The van der Waals surface area contributed by atoms with E-state index in [2.05, 4.69) is 5.10 Å². The van der Waals surface area contributed by atoms with E-state index < -0.39 is 34.3 Å². The lowest BCUT2D eigenvalue weighted by Gasteiger charge is -2.20. The molecule has 1 aromatic carbocycles. The standard InChI is InChI=1S/C22H24FN5O6/c1-14(33-3)26-19(20(28(31)32)21(29)27(22(26)30)15(2)34-4)10-9-16-11-24-25(12-16)13-17-7-5-6-8-18(17)23/h5-12,14-15H,13H2,1-4H3. The van der Waals surface area contributed by atoms with Crippen molar-refractivity contribution in [2.24, 2.45) is 0 Å². The van der Waals surface area contributed by atoms with Crippen LogP contribution >= 0.6 is 0 Å². The molecule has 0 radical (unpaired) electrons. The van der Waals surface area contributed by atoms with Gasteiger partial charge in [0.1, 0.15) is 24.0 Å². The van der Waals surface area contributed by atoms with Crippen LogP contribution in [0.25, 0.3) is 12.2 Å². The molecule has 2 aromatic heterocycles. The number of hydrogen-bond acceptors (Lipinski definition) is 7. The summed E-state index contributed by atoms with van der Waals surface area (Å²) in [7, 11) is 2.61. The number of halogens is 1. The number of aromatic nitrogens is 4. The van der Waals surface area contributed by atoms with Crippen LogP contribution in [0.5, 0.6) is 0 Å². The van der Waals surface area contributed by atoms with Gasteiger partial charge in [0.15, 0.2) is 0 Å². The molecule has 0 amide bonds. The van der Waals surface area contributed by atoms with E-state index in [9.17, 15) is 24.1 Å². The number of ether oxygens (including phenoxy) is 2. The Hall–Kier alpha value is -3.90. The molecule has 3 rings (SSSR count). The fraction of sp³-hybridized carbons (Fsp3) is 0.318. The highest BCUT2D eigenvalue weighted by molar-refractivity contribution is 5.71. The second-order valence-corrected chi connectivity index (χ2v) is 7.38. The fourth-order valence-electron chi connectivity index (χ4n) is 3.39. The van der Waals surface area contributed by atoms with E-state index in [1.807, 2.05) is 0 Å². The van der Waals surface area contributed by atoms with Gasteiger partial charge in [0.05, 0.1) is 17.7 Å². The lowest BCUT2D eigenvalue weighted by atomic mass is 10.2. The predicted octanol–water partition coefficient (Wildman–Crippen LogP) is 2.80. The maximum Gasteiger partial charge on any atom is 0.357 e. The number of nitro groups is 1. The number of benzene rings is 1. The third kappa shape index (κ3) is 4.87. The largest absolute Gasteiger partial charge is 0.361 e. The van der Waals surface area contributed by atoms with Crippen LogP contribution in [0.2, 0.25) is 0 Å². The normalized spacial score (nSPS) is 13.3.